The molecule has 31 heavy (non-hydrogen) atoms. The van der Waals surface area contributed by atoms with Crippen LogP contribution in [0.5, 0.6) is 0 Å². The maximum Gasteiger partial charge on any atom is 0.251 e. The van der Waals surface area contributed by atoms with E-state index in [4.69, 9.17) is 0 Å². The first-order valence-corrected chi connectivity index (χ1v) is 11.1. The number of imidazole rings is 1. The van der Waals surface area contributed by atoms with Gasteiger partial charge in [0.1, 0.15) is 5.82 Å². The Morgan fingerprint density at radius 1 is 1.06 bits per heavy atom. The van der Waals surface area contributed by atoms with Crippen LogP contribution in [0.15, 0.2) is 66.1 Å². The lowest BCUT2D eigenvalue weighted by Crippen LogP contribution is -2.26. The lowest BCUT2D eigenvalue weighted by molar-refractivity contribution is -0.118. The van der Waals surface area contributed by atoms with Crippen LogP contribution < -0.4 is 10.6 Å². The molecule has 0 unspecified atom stereocenters. The van der Waals surface area contributed by atoms with Crippen molar-refractivity contribution in [1.29, 1.82) is 0 Å². The number of hydrogen-bond acceptors (Lipinski definition) is 4. The quantitative estimate of drug-likeness (QED) is 0.370. The number of halogens is 1. The molecule has 2 N–H and O–H groups in total. The molecule has 3 aromatic rings. The van der Waals surface area contributed by atoms with Gasteiger partial charge in [0.25, 0.3) is 5.91 Å². The second-order valence-corrected chi connectivity index (χ2v) is 7.87. The van der Waals surface area contributed by atoms with Gasteiger partial charge in [0, 0.05) is 36.7 Å². The van der Waals surface area contributed by atoms with Crippen LogP contribution in [0.2, 0.25) is 0 Å². The van der Waals surface area contributed by atoms with Gasteiger partial charge in [0.05, 0.1) is 5.75 Å². The van der Waals surface area contributed by atoms with Gasteiger partial charge in [-0.05, 0) is 48.4 Å². The molecule has 0 aliphatic heterocycles. The van der Waals surface area contributed by atoms with Crippen LogP contribution >= 0.6 is 11.8 Å². The molecule has 162 valence electrons. The molecule has 2 aromatic carbocycles. The van der Waals surface area contributed by atoms with E-state index in [1.54, 1.807) is 30.5 Å². The smallest absolute Gasteiger partial charge is 0.251 e. The van der Waals surface area contributed by atoms with E-state index in [1.807, 2.05) is 22.9 Å². The summed E-state index contributed by atoms with van der Waals surface area (Å²) in [6.07, 6.45) is 5.51. The first-order valence-electron chi connectivity index (χ1n) is 10.1. The Balaban J connectivity index is 1.56. The van der Waals surface area contributed by atoms with Gasteiger partial charge in [-0.25, -0.2) is 9.37 Å². The van der Waals surface area contributed by atoms with Crippen LogP contribution in [0.3, 0.4) is 0 Å². The van der Waals surface area contributed by atoms with Crippen molar-refractivity contribution in [3.63, 3.8) is 0 Å². The van der Waals surface area contributed by atoms with Gasteiger partial charge in [-0.3, -0.25) is 14.2 Å². The summed E-state index contributed by atoms with van der Waals surface area (Å²) in [6.45, 7) is 3.09. The normalized spacial score (nSPS) is 10.6. The molecule has 0 aliphatic rings. The van der Waals surface area contributed by atoms with Crippen molar-refractivity contribution in [2.24, 2.45) is 0 Å². The van der Waals surface area contributed by atoms with E-state index in [9.17, 15) is 14.0 Å². The van der Waals surface area contributed by atoms with E-state index in [0.29, 0.717) is 29.6 Å². The highest BCUT2D eigenvalue weighted by Crippen LogP contribution is 2.20. The highest BCUT2D eigenvalue weighted by atomic mass is 32.2. The van der Waals surface area contributed by atoms with Gasteiger partial charge >= 0.3 is 0 Å². The molecule has 0 bridgehead atoms. The van der Waals surface area contributed by atoms with Crippen LogP contribution in [0.4, 0.5) is 4.39 Å². The summed E-state index contributed by atoms with van der Waals surface area (Å²) in [4.78, 5) is 28.6. The highest BCUT2D eigenvalue weighted by Gasteiger charge is 2.10. The third kappa shape index (κ3) is 6.68. The van der Waals surface area contributed by atoms with E-state index < -0.39 is 0 Å². The van der Waals surface area contributed by atoms with Gasteiger partial charge in [-0.15, -0.1) is 0 Å². The lowest BCUT2D eigenvalue weighted by atomic mass is 10.1. The molecular formula is C23H25FN4O2S. The van der Waals surface area contributed by atoms with Gasteiger partial charge in [-0.2, -0.15) is 0 Å². The van der Waals surface area contributed by atoms with Crippen LogP contribution in [0.1, 0.15) is 35.7 Å². The third-order valence-electron chi connectivity index (χ3n) is 4.57. The predicted octanol–water partition coefficient (Wildman–Crippen LogP) is 3.95. The third-order valence-corrected chi connectivity index (χ3v) is 5.53. The summed E-state index contributed by atoms with van der Waals surface area (Å²) in [5.74, 6) is -0.231. The fourth-order valence-electron chi connectivity index (χ4n) is 2.84. The second kappa shape index (κ2) is 11.3. The molecule has 1 heterocycles. The molecule has 0 spiro atoms. The molecule has 8 heteroatoms. The summed E-state index contributed by atoms with van der Waals surface area (Å²) in [6, 6.07) is 13.2. The molecule has 0 aliphatic carbocycles. The summed E-state index contributed by atoms with van der Waals surface area (Å²) in [5.41, 5.74) is 2.20. The van der Waals surface area contributed by atoms with Gasteiger partial charge in [0.2, 0.25) is 5.91 Å². The topological polar surface area (TPSA) is 76.0 Å². The van der Waals surface area contributed by atoms with Gasteiger partial charge in [0.15, 0.2) is 5.16 Å². The van der Waals surface area contributed by atoms with E-state index in [1.165, 1.54) is 23.9 Å². The SMILES string of the molecule is CCCCNC(=O)CSc1nccn1-c1ccc(C(=O)NCc2ccc(F)cc2)cc1. The lowest BCUT2D eigenvalue weighted by Gasteiger charge is -2.09. The fraction of sp³-hybridized carbons (Fsp3) is 0.261. The van der Waals surface area contributed by atoms with Crippen molar-refractivity contribution in [1.82, 2.24) is 20.2 Å². The summed E-state index contributed by atoms with van der Waals surface area (Å²) < 4.78 is 14.8. The second-order valence-electron chi connectivity index (χ2n) is 6.93. The number of carbonyl (C=O) groups is 2. The Labute approximate surface area is 185 Å². The maximum absolute atomic E-state index is 13.0. The Morgan fingerprint density at radius 3 is 2.52 bits per heavy atom. The predicted molar refractivity (Wildman–Crippen MR) is 120 cm³/mol. The molecular weight excluding hydrogens is 415 g/mol. The number of rotatable bonds is 10. The van der Waals surface area contributed by atoms with Crippen molar-refractivity contribution in [2.45, 2.75) is 31.5 Å². The minimum absolute atomic E-state index is 0.0128. The van der Waals surface area contributed by atoms with Gasteiger partial charge < -0.3 is 10.6 Å². The van der Waals surface area contributed by atoms with Gasteiger partial charge in [-0.1, -0.05) is 37.2 Å². The first-order chi connectivity index (χ1) is 15.1. The summed E-state index contributed by atoms with van der Waals surface area (Å²) in [5, 5.41) is 6.42. The van der Waals surface area contributed by atoms with E-state index in [-0.39, 0.29) is 17.6 Å². The number of amides is 2. The van der Waals surface area contributed by atoms with Crippen molar-refractivity contribution in [3.05, 3.63) is 77.9 Å². The summed E-state index contributed by atoms with van der Waals surface area (Å²) in [7, 11) is 0. The number of thioether (sulfide) groups is 1. The zero-order chi connectivity index (χ0) is 22.1. The molecule has 6 nitrogen and oxygen atoms in total. The minimum Gasteiger partial charge on any atom is -0.355 e. The number of carbonyl (C=O) groups excluding carboxylic acids is 2. The van der Waals surface area contributed by atoms with Crippen LogP contribution in [-0.2, 0) is 11.3 Å². The van der Waals surface area contributed by atoms with Crippen molar-refractivity contribution < 1.29 is 14.0 Å². The molecule has 2 amide bonds. The average Bonchev–Trinajstić information content (AvgIpc) is 3.26. The monoisotopic (exact) mass is 440 g/mol. The van der Waals surface area contributed by atoms with Crippen molar-refractivity contribution >= 4 is 23.6 Å². The number of benzene rings is 2. The Hall–Kier alpha value is -3.13. The van der Waals surface area contributed by atoms with E-state index >= 15 is 0 Å². The number of aromatic nitrogens is 2. The molecule has 0 atom stereocenters. The highest BCUT2D eigenvalue weighted by molar-refractivity contribution is 7.99. The molecule has 0 radical (unpaired) electrons. The van der Waals surface area contributed by atoms with E-state index in [2.05, 4.69) is 22.5 Å². The van der Waals surface area contributed by atoms with E-state index in [0.717, 1.165) is 24.1 Å². The molecule has 0 saturated carbocycles. The maximum atomic E-state index is 13.0. The first kappa shape index (κ1) is 22.6. The molecule has 0 fully saturated rings. The minimum atomic E-state index is -0.306. The standard InChI is InChI=1S/C23H25FN4O2S/c1-2-3-12-25-21(29)16-31-23-26-13-14-28(23)20-10-6-18(7-11-20)22(30)27-15-17-4-8-19(24)9-5-17/h4-11,13-14H,2-3,12,15-16H2,1H3,(H,25,29)(H,27,30). The Bertz CT molecular complexity index is 1000. The van der Waals surface area contributed by atoms with Crippen LogP contribution in [0, 0.1) is 5.82 Å². The molecule has 1 aromatic heterocycles. The zero-order valence-corrected chi connectivity index (χ0v) is 18.1. The number of nitrogens with zero attached hydrogens (tertiary/aromatic N) is 2. The Morgan fingerprint density at radius 2 is 1.81 bits per heavy atom. The average molecular weight is 441 g/mol. The largest absolute Gasteiger partial charge is 0.355 e. The number of nitrogens with one attached hydrogen (secondary N) is 2. The zero-order valence-electron chi connectivity index (χ0n) is 17.3. The molecule has 0 saturated heterocycles. The summed E-state index contributed by atoms with van der Waals surface area (Å²) >= 11 is 1.37. The number of hydrogen-bond donors (Lipinski definition) is 2. The fourth-order valence-corrected chi connectivity index (χ4v) is 3.64. The van der Waals surface area contributed by atoms with Crippen molar-refractivity contribution in [3.8, 4) is 5.69 Å². The van der Waals surface area contributed by atoms with Crippen molar-refractivity contribution in [2.75, 3.05) is 12.3 Å². The van der Waals surface area contributed by atoms with Crippen LogP contribution in [0.25, 0.3) is 5.69 Å². The Kier molecular flexibility index (Phi) is 8.23. The molecule has 3 rings (SSSR count). The number of unbranched alkanes of at least 4 members (excludes halogenated alkanes) is 1. The van der Waals surface area contributed by atoms with Crippen LogP contribution in [-0.4, -0.2) is 33.7 Å².